The first kappa shape index (κ1) is 65.3. The van der Waals surface area contributed by atoms with Gasteiger partial charge in [0.25, 0.3) is 0 Å². The van der Waals surface area contributed by atoms with E-state index in [1.807, 2.05) is 0 Å². The van der Waals surface area contributed by atoms with E-state index in [-0.39, 0.29) is 18.5 Å². The average Bonchev–Trinajstić information content (AvgIpc) is 3.33. The summed E-state index contributed by atoms with van der Waals surface area (Å²) in [4.78, 5) is 24.5. The predicted octanol–water partition coefficient (Wildman–Crippen LogP) is 18.6. The maximum Gasteiger partial charge on any atom is 0.305 e. The van der Waals surface area contributed by atoms with Crippen LogP contribution in [-0.4, -0.2) is 47.4 Å². The second-order valence-electron chi connectivity index (χ2n) is 20.7. The van der Waals surface area contributed by atoms with Gasteiger partial charge in [0, 0.05) is 12.8 Å². The zero-order valence-electron chi connectivity index (χ0n) is 45.1. The minimum atomic E-state index is -0.666. The van der Waals surface area contributed by atoms with Crippen molar-refractivity contribution in [3.05, 3.63) is 24.3 Å². The average molecular weight is 945 g/mol. The molecule has 0 saturated heterocycles. The van der Waals surface area contributed by atoms with E-state index in [0.29, 0.717) is 25.9 Å². The molecule has 396 valence electrons. The van der Waals surface area contributed by atoms with Gasteiger partial charge in [-0.05, 0) is 77.0 Å². The van der Waals surface area contributed by atoms with Crippen LogP contribution in [0.3, 0.4) is 0 Å². The van der Waals surface area contributed by atoms with Crippen molar-refractivity contribution in [3.8, 4) is 0 Å². The second kappa shape index (κ2) is 56.9. The summed E-state index contributed by atoms with van der Waals surface area (Å²) in [7, 11) is 0. The van der Waals surface area contributed by atoms with Crippen LogP contribution in [0.15, 0.2) is 24.3 Å². The predicted molar refractivity (Wildman–Crippen MR) is 292 cm³/mol. The number of nitrogens with one attached hydrogen (secondary N) is 1. The molecule has 0 saturated carbocycles. The highest BCUT2D eigenvalue weighted by molar-refractivity contribution is 5.76. The van der Waals surface area contributed by atoms with E-state index >= 15 is 0 Å². The third-order valence-electron chi connectivity index (χ3n) is 14.0. The normalized spacial score (nSPS) is 12.7. The van der Waals surface area contributed by atoms with Crippen molar-refractivity contribution in [2.45, 2.75) is 341 Å². The number of ether oxygens (including phenoxy) is 1. The molecule has 2 unspecified atom stereocenters. The fourth-order valence-corrected chi connectivity index (χ4v) is 9.34. The van der Waals surface area contributed by atoms with Crippen molar-refractivity contribution < 1.29 is 24.5 Å². The van der Waals surface area contributed by atoms with Gasteiger partial charge in [0.05, 0.1) is 25.4 Å². The molecule has 0 fully saturated rings. The van der Waals surface area contributed by atoms with Crippen LogP contribution in [0.5, 0.6) is 0 Å². The van der Waals surface area contributed by atoms with Gasteiger partial charge < -0.3 is 20.3 Å². The highest BCUT2D eigenvalue weighted by Crippen LogP contribution is 2.17. The van der Waals surface area contributed by atoms with Crippen LogP contribution in [0.4, 0.5) is 0 Å². The Kier molecular flexibility index (Phi) is 55.5. The minimum Gasteiger partial charge on any atom is -0.466 e. The number of unbranched alkanes of at least 4 members (excludes halogenated alkanes) is 41. The van der Waals surface area contributed by atoms with E-state index in [9.17, 15) is 19.8 Å². The molecule has 0 spiro atoms. The van der Waals surface area contributed by atoms with Crippen LogP contribution >= 0.6 is 0 Å². The van der Waals surface area contributed by atoms with E-state index in [2.05, 4.69) is 43.5 Å². The van der Waals surface area contributed by atoms with Crippen LogP contribution in [0.1, 0.15) is 328 Å². The summed E-state index contributed by atoms with van der Waals surface area (Å²) in [5.74, 6) is -0.0375. The highest BCUT2D eigenvalue weighted by atomic mass is 16.5. The quantitative estimate of drug-likeness (QED) is 0.0321. The Labute approximate surface area is 418 Å². The third-order valence-corrected chi connectivity index (χ3v) is 14.0. The molecule has 0 bridgehead atoms. The second-order valence-corrected chi connectivity index (χ2v) is 20.7. The van der Waals surface area contributed by atoms with Gasteiger partial charge in [-0.3, -0.25) is 9.59 Å². The van der Waals surface area contributed by atoms with Crippen LogP contribution in [0.2, 0.25) is 0 Å². The molecule has 0 radical (unpaired) electrons. The van der Waals surface area contributed by atoms with Crippen LogP contribution in [-0.2, 0) is 14.3 Å². The summed E-state index contributed by atoms with van der Waals surface area (Å²) >= 11 is 0. The summed E-state index contributed by atoms with van der Waals surface area (Å²) in [5.41, 5.74) is 0. The Morgan fingerprint density at radius 3 is 1.06 bits per heavy atom. The minimum absolute atomic E-state index is 0.00426. The Balaban J connectivity index is 3.39. The molecule has 1 amide bonds. The van der Waals surface area contributed by atoms with E-state index in [1.165, 1.54) is 250 Å². The summed E-state index contributed by atoms with van der Waals surface area (Å²) < 4.78 is 5.48. The Morgan fingerprint density at radius 2 is 0.701 bits per heavy atom. The molecular formula is C61H117NO5. The number of aliphatic hydroxyl groups is 2. The SMILES string of the molecule is CCCCCCCCC/C=C\CCCCCCCC(=O)OCCCCCCCCCCCCCC/C=C\CCCCCCCCCC(=O)NC(CO)C(O)CCCCCCCCCCCCC. The number of hydrogen-bond donors (Lipinski definition) is 3. The maximum absolute atomic E-state index is 12.4. The van der Waals surface area contributed by atoms with Crippen LogP contribution < -0.4 is 5.32 Å². The summed E-state index contributed by atoms with van der Waals surface area (Å²) in [6.07, 6.45) is 69.0. The Bertz CT molecular complexity index is 1040. The highest BCUT2D eigenvalue weighted by Gasteiger charge is 2.20. The van der Waals surface area contributed by atoms with Gasteiger partial charge in [-0.15, -0.1) is 0 Å². The largest absolute Gasteiger partial charge is 0.466 e. The van der Waals surface area contributed by atoms with Crippen molar-refractivity contribution in [2.24, 2.45) is 0 Å². The van der Waals surface area contributed by atoms with Crippen molar-refractivity contribution in [1.82, 2.24) is 5.32 Å². The molecule has 6 heteroatoms. The number of carbonyl (C=O) groups excluding carboxylic acids is 2. The molecule has 0 aliphatic carbocycles. The van der Waals surface area contributed by atoms with Gasteiger partial charge in [-0.2, -0.15) is 0 Å². The topological polar surface area (TPSA) is 95.9 Å². The van der Waals surface area contributed by atoms with Gasteiger partial charge in [-0.1, -0.05) is 263 Å². The van der Waals surface area contributed by atoms with E-state index in [1.54, 1.807) is 0 Å². The first-order chi connectivity index (χ1) is 33.0. The smallest absolute Gasteiger partial charge is 0.305 e. The summed E-state index contributed by atoms with van der Waals surface area (Å²) in [5, 5.41) is 23.2. The van der Waals surface area contributed by atoms with Gasteiger partial charge in [0.2, 0.25) is 5.91 Å². The number of allylic oxidation sites excluding steroid dienone is 4. The molecule has 3 N–H and O–H groups in total. The Morgan fingerprint density at radius 1 is 0.403 bits per heavy atom. The number of esters is 1. The molecule has 0 aliphatic rings. The molecule has 0 rings (SSSR count). The van der Waals surface area contributed by atoms with Crippen molar-refractivity contribution in [1.29, 1.82) is 0 Å². The molecule has 0 heterocycles. The third kappa shape index (κ3) is 53.5. The number of hydrogen-bond acceptors (Lipinski definition) is 5. The van der Waals surface area contributed by atoms with E-state index in [0.717, 1.165) is 44.9 Å². The van der Waals surface area contributed by atoms with Crippen molar-refractivity contribution in [2.75, 3.05) is 13.2 Å². The van der Waals surface area contributed by atoms with Gasteiger partial charge >= 0.3 is 5.97 Å². The molecule has 6 nitrogen and oxygen atoms in total. The number of aliphatic hydroxyl groups excluding tert-OH is 2. The number of amides is 1. The lowest BCUT2D eigenvalue weighted by molar-refractivity contribution is -0.143. The molecule has 0 aromatic carbocycles. The fraction of sp³-hybridized carbons (Fsp3) is 0.902. The van der Waals surface area contributed by atoms with E-state index < -0.39 is 12.1 Å². The van der Waals surface area contributed by atoms with Gasteiger partial charge in [0.1, 0.15) is 0 Å². The van der Waals surface area contributed by atoms with Crippen LogP contribution in [0, 0.1) is 0 Å². The molecule has 0 aromatic heterocycles. The fourth-order valence-electron chi connectivity index (χ4n) is 9.34. The zero-order chi connectivity index (χ0) is 48.6. The van der Waals surface area contributed by atoms with Crippen LogP contribution in [0.25, 0.3) is 0 Å². The van der Waals surface area contributed by atoms with Gasteiger partial charge in [0.15, 0.2) is 0 Å². The van der Waals surface area contributed by atoms with Gasteiger partial charge in [-0.25, -0.2) is 0 Å². The first-order valence-corrected chi connectivity index (χ1v) is 30.1. The zero-order valence-corrected chi connectivity index (χ0v) is 45.1. The maximum atomic E-state index is 12.4. The molecule has 2 atom stereocenters. The molecule has 0 aromatic rings. The lowest BCUT2D eigenvalue weighted by Crippen LogP contribution is -2.45. The lowest BCUT2D eigenvalue weighted by atomic mass is 10.0. The van der Waals surface area contributed by atoms with E-state index in [4.69, 9.17) is 4.74 Å². The summed E-state index contributed by atoms with van der Waals surface area (Å²) in [6, 6.07) is -0.544. The first-order valence-electron chi connectivity index (χ1n) is 30.1. The standard InChI is InChI=1S/C61H117NO5/c1-3-5-7-9-11-13-15-16-17-28-31-35-39-43-47-51-55-61(66)67-56-52-48-44-40-36-32-29-26-24-22-20-18-19-21-23-25-27-30-34-38-42-46-50-54-60(65)62-58(57-63)59(64)53-49-45-41-37-33-14-12-10-8-6-4-2/h17,21,23,28,58-59,63-64H,3-16,18-20,22,24-27,29-57H2,1-2H3,(H,62,65)/b23-21-,28-17-. The monoisotopic (exact) mass is 944 g/mol. The molecule has 67 heavy (non-hydrogen) atoms. The van der Waals surface area contributed by atoms with Crippen molar-refractivity contribution in [3.63, 3.8) is 0 Å². The summed E-state index contributed by atoms with van der Waals surface area (Å²) in [6.45, 7) is 4.94. The molecular weight excluding hydrogens is 827 g/mol. The van der Waals surface area contributed by atoms with Crippen molar-refractivity contribution >= 4 is 11.9 Å². The lowest BCUT2D eigenvalue weighted by Gasteiger charge is -2.22. The molecule has 0 aliphatic heterocycles. The number of rotatable bonds is 56. The Hall–Kier alpha value is -1.66. The number of carbonyl (C=O) groups is 2.